The molecule has 2 atom stereocenters. The van der Waals surface area contributed by atoms with Gasteiger partial charge in [0, 0.05) is 6.54 Å². The molecule has 15 heavy (non-hydrogen) atoms. The van der Waals surface area contributed by atoms with Gasteiger partial charge in [0.25, 0.3) is 0 Å². The summed E-state index contributed by atoms with van der Waals surface area (Å²) in [5, 5.41) is 13.5. The number of β-amino-alcohol motifs (C(OH)–C–C–N with tert-alkyl or cyclic N) is 1. The van der Waals surface area contributed by atoms with Gasteiger partial charge in [0.2, 0.25) is 0 Å². The van der Waals surface area contributed by atoms with Crippen LogP contribution in [0, 0.1) is 6.92 Å². The summed E-state index contributed by atoms with van der Waals surface area (Å²) >= 11 is 0. The minimum absolute atomic E-state index is 0.299. The largest absolute Gasteiger partial charge is 0.387 e. The lowest BCUT2D eigenvalue weighted by Gasteiger charge is -2.29. The number of rotatable bonds is 2. The minimum atomic E-state index is -0.784. The van der Waals surface area contributed by atoms with Gasteiger partial charge in [-0.05, 0) is 25.5 Å². The number of hydrogen-bond acceptors (Lipinski definition) is 3. The first-order valence-corrected chi connectivity index (χ1v) is 5.37. The Morgan fingerprint density at radius 1 is 1.53 bits per heavy atom. The first-order chi connectivity index (χ1) is 7.12. The maximum absolute atomic E-state index is 10.3. The van der Waals surface area contributed by atoms with Gasteiger partial charge >= 0.3 is 0 Å². The molecule has 1 saturated heterocycles. The van der Waals surface area contributed by atoms with Gasteiger partial charge in [-0.25, -0.2) is 0 Å². The molecule has 1 aliphatic rings. The van der Waals surface area contributed by atoms with Crippen LogP contribution in [0.5, 0.6) is 0 Å². The molecule has 4 N–H and O–H groups in total. The molecule has 0 aromatic heterocycles. The average molecular weight is 206 g/mol. The number of benzene rings is 1. The Morgan fingerprint density at radius 3 is 2.93 bits per heavy atom. The predicted molar refractivity (Wildman–Crippen MR) is 60.5 cm³/mol. The molecule has 0 amide bonds. The molecule has 2 rings (SSSR count). The van der Waals surface area contributed by atoms with Crippen LogP contribution in [0.25, 0.3) is 0 Å². The minimum Gasteiger partial charge on any atom is -0.387 e. The topological polar surface area (TPSA) is 58.3 Å². The van der Waals surface area contributed by atoms with E-state index in [9.17, 15) is 5.11 Å². The van der Waals surface area contributed by atoms with E-state index < -0.39 is 5.60 Å². The molecule has 3 heteroatoms. The third-order valence-electron chi connectivity index (χ3n) is 3.15. The number of nitrogens with one attached hydrogen (secondary N) is 1. The van der Waals surface area contributed by atoms with Crippen LogP contribution in [0.3, 0.4) is 0 Å². The first-order valence-electron chi connectivity index (χ1n) is 5.37. The monoisotopic (exact) mass is 206 g/mol. The van der Waals surface area contributed by atoms with Crippen molar-refractivity contribution in [3.8, 4) is 0 Å². The second-order valence-corrected chi connectivity index (χ2v) is 4.42. The summed E-state index contributed by atoms with van der Waals surface area (Å²) in [4.78, 5) is 0. The summed E-state index contributed by atoms with van der Waals surface area (Å²) in [6.07, 6.45) is 0.724. The Labute approximate surface area is 90.3 Å². The van der Waals surface area contributed by atoms with E-state index in [0.29, 0.717) is 6.54 Å². The quantitative estimate of drug-likeness (QED) is 0.668. The van der Waals surface area contributed by atoms with Crippen molar-refractivity contribution in [1.29, 1.82) is 0 Å². The maximum Gasteiger partial charge on any atom is 0.0974 e. The van der Waals surface area contributed by atoms with E-state index in [1.54, 1.807) is 0 Å². The van der Waals surface area contributed by atoms with E-state index in [2.05, 4.69) is 5.32 Å². The first kappa shape index (κ1) is 10.6. The second kappa shape index (κ2) is 3.93. The average Bonchev–Trinajstić information content (AvgIpc) is 2.65. The van der Waals surface area contributed by atoms with Crippen LogP contribution in [-0.2, 0) is 0 Å². The van der Waals surface area contributed by atoms with E-state index in [1.165, 1.54) is 5.56 Å². The molecule has 0 aliphatic carbocycles. The lowest BCUT2D eigenvalue weighted by Crippen LogP contribution is -2.43. The van der Waals surface area contributed by atoms with Crippen molar-refractivity contribution in [2.45, 2.75) is 25.0 Å². The van der Waals surface area contributed by atoms with Crippen molar-refractivity contribution in [1.82, 2.24) is 5.32 Å². The molecule has 3 nitrogen and oxygen atoms in total. The lowest BCUT2D eigenvalue weighted by atomic mass is 9.88. The predicted octanol–water partition coefficient (Wildman–Crippen LogP) is 0.719. The normalized spacial score (nSPS) is 27.9. The fourth-order valence-corrected chi connectivity index (χ4v) is 2.14. The SMILES string of the molecule is Cc1cccc(C(N)C2(O)CCNC2)c1. The van der Waals surface area contributed by atoms with Gasteiger partial charge in [-0.15, -0.1) is 0 Å². The maximum atomic E-state index is 10.3. The summed E-state index contributed by atoms with van der Waals surface area (Å²) in [7, 11) is 0. The second-order valence-electron chi connectivity index (χ2n) is 4.42. The highest BCUT2D eigenvalue weighted by Crippen LogP contribution is 2.29. The Hall–Kier alpha value is -0.900. The van der Waals surface area contributed by atoms with Crippen LogP contribution < -0.4 is 11.1 Å². The number of hydrogen-bond donors (Lipinski definition) is 3. The van der Waals surface area contributed by atoms with Crippen molar-refractivity contribution in [3.63, 3.8) is 0 Å². The summed E-state index contributed by atoms with van der Waals surface area (Å²) in [5.74, 6) is 0. The van der Waals surface area contributed by atoms with Gasteiger partial charge in [-0.1, -0.05) is 29.8 Å². The third kappa shape index (κ3) is 2.04. The molecule has 0 bridgehead atoms. The van der Waals surface area contributed by atoms with Gasteiger partial charge in [0.05, 0.1) is 11.6 Å². The van der Waals surface area contributed by atoms with E-state index >= 15 is 0 Å². The van der Waals surface area contributed by atoms with Gasteiger partial charge in [-0.2, -0.15) is 0 Å². The zero-order valence-electron chi connectivity index (χ0n) is 9.03. The van der Waals surface area contributed by atoms with Crippen molar-refractivity contribution < 1.29 is 5.11 Å². The molecule has 1 aromatic rings. The molecule has 0 spiro atoms. The van der Waals surface area contributed by atoms with Crippen molar-refractivity contribution in [2.24, 2.45) is 5.73 Å². The molecule has 0 radical (unpaired) electrons. The molecular weight excluding hydrogens is 188 g/mol. The third-order valence-corrected chi connectivity index (χ3v) is 3.15. The number of nitrogens with two attached hydrogens (primary N) is 1. The summed E-state index contributed by atoms with van der Waals surface area (Å²) in [6.45, 7) is 3.46. The molecule has 1 fully saturated rings. The number of aryl methyl sites for hydroxylation is 1. The summed E-state index contributed by atoms with van der Waals surface area (Å²) < 4.78 is 0. The molecular formula is C12H18N2O. The zero-order valence-corrected chi connectivity index (χ0v) is 9.03. The Bertz CT molecular complexity index is 345. The van der Waals surface area contributed by atoms with Crippen LogP contribution in [-0.4, -0.2) is 23.8 Å². The Morgan fingerprint density at radius 2 is 2.33 bits per heavy atom. The molecule has 82 valence electrons. The van der Waals surface area contributed by atoms with Gasteiger partial charge < -0.3 is 16.2 Å². The zero-order chi connectivity index (χ0) is 10.9. The highest BCUT2D eigenvalue weighted by atomic mass is 16.3. The molecule has 1 aliphatic heterocycles. The van der Waals surface area contributed by atoms with Crippen LogP contribution in [0.15, 0.2) is 24.3 Å². The lowest BCUT2D eigenvalue weighted by molar-refractivity contribution is 0.0335. The van der Waals surface area contributed by atoms with Gasteiger partial charge in [-0.3, -0.25) is 0 Å². The van der Waals surface area contributed by atoms with E-state index in [4.69, 9.17) is 5.73 Å². The van der Waals surface area contributed by atoms with E-state index in [1.807, 2.05) is 31.2 Å². The van der Waals surface area contributed by atoms with Crippen molar-refractivity contribution in [2.75, 3.05) is 13.1 Å². The highest BCUT2D eigenvalue weighted by Gasteiger charge is 2.38. The van der Waals surface area contributed by atoms with Crippen LogP contribution in [0.4, 0.5) is 0 Å². The molecule has 1 heterocycles. The summed E-state index contributed by atoms with van der Waals surface area (Å²) in [6, 6.07) is 7.74. The smallest absolute Gasteiger partial charge is 0.0974 e. The summed E-state index contributed by atoms with van der Waals surface area (Å²) in [5.41, 5.74) is 7.52. The highest BCUT2D eigenvalue weighted by molar-refractivity contribution is 5.27. The van der Waals surface area contributed by atoms with Crippen molar-refractivity contribution >= 4 is 0 Å². The van der Waals surface area contributed by atoms with Crippen LogP contribution in [0.2, 0.25) is 0 Å². The van der Waals surface area contributed by atoms with E-state index in [0.717, 1.165) is 18.5 Å². The molecule has 2 unspecified atom stereocenters. The van der Waals surface area contributed by atoms with Gasteiger partial charge in [0.1, 0.15) is 0 Å². The number of aliphatic hydroxyl groups is 1. The fraction of sp³-hybridized carbons (Fsp3) is 0.500. The Balaban J connectivity index is 2.23. The van der Waals surface area contributed by atoms with Crippen LogP contribution >= 0.6 is 0 Å². The molecule has 1 aromatic carbocycles. The van der Waals surface area contributed by atoms with Crippen molar-refractivity contribution in [3.05, 3.63) is 35.4 Å². The fourth-order valence-electron chi connectivity index (χ4n) is 2.14. The van der Waals surface area contributed by atoms with Gasteiger partial charge in [0.15, 0.2) is 0 Å². The Kier molecular flexibility index (Phi) is 2.78. The molecule has 0 saturated carbocycles. The van der Waals surface area contributed by atoms with Crippen LogP contribution in [0.1, 0.15) is 23.6 Å². The standard InChI is InChI=1S/C12H18N2O/c1-9-3-2-4-10(7-9)11(13)12(15)5-6-14-8-12/h2-4,7,11,14-15H,5-6,8,13H2,1H3. The van der Waals surface area contributed by atoms with E-state index in [-0.39, 0.29) is 6.04 Å².